The molecule has 0 radical (unpaired) electrons. The van der Waals surface area contributed by atoms with E-state index in [4.69, 9.17) is 14.2 Å². The summed E-state index contributed by atoms with van der Waals surface area (Å²) >= 11 is 0. The van der Waals surface area contributed by atoms with Crippen LogP contribution in [-0.4, -0.2) is 71.3 Å². The molecule has 1 fully saturated rings. The molecular formula is C28H39N3O7S. The zero-order chi connectivity index (χ0) is 28.6. The Morgan fingerprint density at radius 1 is 0.974 bits per heavy atom. The van der Waals surface area contributed by atoms with Gasteiger partial charge in [0, 0.05) is 18.7 Å². The normalized spacial score (nSPS) is 14.7. The second kappa shape index (κ2) is 13.5. The van der Waals surface area contributed by atoms with Gasteiger partial charge in [0.05, 0.1) is 33.3 Å². The van der Waals surface area contributed by atoms with Crippen LogP contribution in [-0.2, 0) is 26.2 Å². The predicted molar refractivity (Wildman–Crippen MR) is 150 cm³/mol. The fourth-order valence-electron chi connectivity index (χ4n) is 4.71. The van der Waals surface area contributed by atoms with Crippen molar-refractivity contribution in [2.75, 3.05) is 38.4 Å². The average molecular weight is 562 g/mol. The molecule has 39 heavy (non-hydrogen) atoms. The molecule has 1 aliphatic carbocycles. The van der Waals surface area contributed by atoms with Gasteiger partial charge >= 0.3 is 0 Å². The molecule has 1 saturated carbocycles. The van der Waals surface area contributed by atoms with E-state index in [2.05, 4.69) is 5.32 Å². The zero-order valence-electron chi connectivity index (χ0n) is 23.3. The minimum absolute atomic E-state index is 0.0658. The van der Waals surface area contributed by atoms with Crippen LogP contribution in [0.15, 0.2) is 42.5 Å². The molecule has 0 aromatic heterocycles. The zero-order valence-corrected chi connectivity index (χ0v) is 24.1. The van der Waals surface area contributed by atoms with Gasteiger partial charge in [0.15, 0.2) is 0 Å². The number of nitrogens with one attached hydrogen (secondary N) is 1. The topological polar surface area (TPSA) is 114 Å². The third-order valence-electron chi connectivity index (χ3n) is 6.94. The number of carbonyl (C=O) groups is 2. The first-order valence-electron chi connectivity index (χ1n) is 13.0. The number of hydrogen-bond donors (Lipinski definition) is 1. The molecule has 1 aliphatic rings. The minimum atomic E-state index is -3.93. The van der Waals surface area contributed by atoms with Gasteiger partial charge in [-0.2, -0.15) is 0 Å². The Morgan fingerprint density at radius 3 is 2.26 bits per heavy atom. The lowest BCUT2D eigenvalue weighted by atomic mass is 9.95. The predicted octanol–water partition coefficient (Wildman–Crippen LogP) is 3.34. The summed E-state index contributed by atoms with van der Waals surface area (Å²) in [4.78, 5) is 28.6. The molecule has 0 bridgehead atoms. The summed E-state index contributed by atoms with van der Waals surface area (Å²) in [6.45, 7) is 1.21. The Balaban J connectivity index is 1.95. The molecule has 2 aromatic carbocycles. The Hall–Kier alpha value is -3.47. The number of nitrogens with zero attached hydrogens (tertiary/aromatic N) is 2. The molecule has 214 valence electrons. The van der Waals surface area contributed by atoms with Crippen LogP contribution in [0.1, 0.15) is 44.6 Å². The van der Waals surface area contributed by atoms with Crippen LogP contribution in [0.25, 0.3) is 0 Å². The maximum Gasteiger partial charge on any atom is 0.244 e. The lowest BCUT2D eigenvalue weighted by Gasteiger charge is -2.33. The number of hydrogen-bond acceptors (Lipinski definition) is 7. The van der Waals surface area contributed by atoms with Gasteiger partial charge in [0.2, 0.25) is 21.8 Å². The molecule has 1 atom stereocenters. The highest BCUT2D eigenvalue weighted by Gasteiger charge is 2.32. The number of sulfonamides is 1. The molecule has 11 heteroatoms. The summed E-state index contributed by atoms with van der Waals surface area (Å²) in [5, 5.41) is 3.08. The van der Waals surface area contributed by atoms with Crippen LogP contribution in [0, 0.1) is 0 Å². The van der Waals surface area contributed by atoms with Gasteiger partial charge in [-0.25, -0.2) is 8.42 Å². The second-order valence-electron chi connectivity index (χ2n) is 9.70. The molecular weight excluding hydrogens is 522 g/mol. The molecule has 1 N–H and O–H groups in total. The van der Waals surface area contributed by atoms with Crippen LogP contribution in [0.3, 0.4) is 0 Å². The second-order valence-corrected chi connectivity index (χ2v) is 11.6. The summed E-state index contributed by atoms with van der Waals surface area (Å²) in [6.07, 6.45) is 6.08. The number of carbonyl (C=O) groups excluding carboxylic acids is 2. The standard InChI is InChI=1S/C28H39N3O7S/c1-20(28(33)29-22-11-7-6-8-12-22)30(18-21-10-9-13-23(16-21)36-2)27(32)19-31(39(5,34)35)25-17-24(37-3)14-15-26(25)38-4/h9-10,13-17,20,22H,6-8,11-12,18-19H2,1-5H3,(H,29,33). The third-order valence-corrected chi connectivity index (χ3v) is 8.07. The highest BCUT2D eigenvalue weighted by Crippen LogP contribution is 2.34. The summed E-state index contributed by atoms with van der Waals surface area (Å²) in [7, 11) is 0.502. The lowest BCUT2D eigenvalue weighted by Crippen LogP contribution is -2.53. The van der Waals surface area contributed by atoms with Gasteiger partial charge in [-0.3, -0.25) is 13.9 Å². The van der Waals surface area contributed by atoms with E-state index in [1.165, 1.54) is 25.2 Å². The molecule has 0 heterocycles. The van der Waals surface area contributed by atoms with Crippen LogP contribution >= 0.6 is 0 Å². The summed E-state index contributed by atoms with van der Waals surface area (Å²) in [6, 6.07) is 11.1. The smallest absolute Gasteiger partial charge is 0.244 e. The molecule has 10 nitrogen and oxygen atoms in total. The third kappa shape index (κ3) is 8.01. The molecule has 2 amide bonds. The number of amides is 2. The van der Waals surface area contributed by atoms with Gasteiger partial charge in [-0.05, 0) is 49.6 Å². The monoisotopic (exact) mass is 561 g/mol. The van der Waals surface area contributed by atoms with E-state index in [9.17, 15) is 18.0 Å². The maximum atomic E-state index is 13.9. The highest BCUT2D eigenvalue weighted by atomic mass is 32.2. The fraction of sp³-hybridized carbons (Fsp3) is 0.500. The van der Waals surface area contributed by atoms with Crippen molar-refractivity contribution in [3.63, 3.8) is 0 Å². The van der Waals surface area contributed by atoms with Crippen molar-refractivity contribution in [1.82, 2.24) is 10.2 Å². The van der Waals surface area contributed by atoms with Crippen molar-refractivity contribution in [3.8, 4) is 17.2 Å². The van der Waals surface area contributed by atoms with Gasteiger partial charge in [0.25, 0.3) is 0 Å². The number of benzene rings is 2. The van der Waals surface area contributed by atoms with Crippen molar-refractivity contribution >= 4 is 27.5 Å². The Labute approximate surface area is 231 Å². The van der Waals surface area contributed by atoms with Crippen LogP contribution in [0.4, 0.5) is 5.69 Å². The highest BCUT2D eigenvalue weighted by molar-refractivity contribution is 7.92. The van der Waals surface area contributed by atoms with Gasteiger partial charge in [-0.1, -0.05) is 31.4 Å². The van der Waals surface area contributed by atoms with E-state index in [-0.39, 0.29) is 29.9 Å². The lowest BCUT2D eigenvalue weighted by molar-refractivity contribution is -0.139. The van der Waals surface area contributed by atoms with E-state index in [0.29, 0.717) is 11.5 Å². The quantitative estimate of drug-likeness (QED) is 0.423. The Bertz CT molecular complexity index is 1250. The van der Waals surface area contributed by atoms with E-state index in [1.807, 2.05) is 6.07 Å². The van der Waals surface area contributed by atoms with Crippen molar-refractivity contribution in [3.05, 3.63) is 48.0 Å². The fourth-order valence-corrected chi connectivity index (χ4v) is 5.55. The first kappa shape index (κ1) is 30.1. The first-order chi connectivity index (χ1) is 18.6. The SMILES string of the molecule is COc1cccc(CN(C(=O)CN(c2cc(OC)ccc2OC)S(C)(=O)=O)C(C)C(=O)NC2CCCCC2)c1. The molecule has 3 rings (SSSR count). The number of rotatable bonds is 12. The largest absolute Gasteiger partial charge is 0.497 e. The van der Waals surface area contributed by atoms with Crippen LogP contribution in [0.5, 0.6) is 17.2 Å². The minimum Gasteiger partial charge on any atom is -0.497 e. The van der Waals surface area contributed by atoms with Crippen LogP contribution in [0.2, 0.25) is 0 Å². The van der Waals surface area contributed by atoms with Crippen molar-refractivity contribution < 1.29 is 32.2 Å². The van der Waals surface area contributed by atoms with E-state index in [0.717, 1.165) is 48.2 Å². The average Bonchev–Trinajstić information content (AvgIpc) is 2.93. The molecule has 0 spiro atoms. The summed E-state index contributed by atoms with van der Waals surface area (Å²) < 4.78 is 42.8. The number of ether oxygens (including phenoxy) is 3. The van der Waals surface area contributed by atoms with E-state index < -0.39 is 28.5 Å². The Morgan fingerprint density at radius 2 is 1.64 bits per heavy atom. The molecule has 1 unspecified atom stereocenters. The molecule has 2 aromatic rings. The number of anilines is 1. The maximum absolute atomic E-state index is 13.9. The van der Waals surface area contributed by atoms with Gasteiger partial charge in [-0.15, -0.1) is 0 Å². The number of methoxy groups -OCH3 is 3. The van der Waals surface area contributed by atoms with Gasteiger partial charge in [0.1, 0.15) is 29.8 Å². The van der Waals surface area contributed by atoms with Crippen LogP contribution < -0.4 is 23.8 Å². The molecule has 0 saturated heterocycles. The molecule has 0 aliphatic heterocycles. The van der Waals surface area contributed by atoms with Gasteiger partial charge < -0.3 is 24.4 Å². The van der Waals surface area contributed by atoms with E-state index in [1.54, 1.807) is 44.4 Å². The Kier molecular flexibility index (Phi) is 10.4. The van der Waals surface area contributed by atoms with Crippen molar-refractivity contribution in [2.45, 2.75) is 57.7 Å². The van der Waals surface area contributed by atoms with E-state index >= 15 is 0 Å². The van der Waals surface area contributed by atoms with Crippen molar-refractivity contribution in [1.29, 1.82) is 0 Å². The first-order valence-corrected chi connectivity index (χ1v) is 14.8. The summed E-state index contributed by atoms with van der Waals surface area (Å²) in [5.74, 6) is 0.456. The van der Waals surface area contributed by atoms with Crippen molar-refractivity contribution in [2.24, 2.45) is 0 Å². The summed E-state index contributed by atoms with van der Waals surface area (Å²) in [5.41, 5.74) is 0.901.